The summed E-state index contributed by atoms with van der Waals surface area (Å²) in [5.41, 5.74) is -0.384. The summed E-state index contributed by atoms with van der Waals surface area (Å²) in [4.78, 5) is 0.251. The Kier molecular flexibility index (Phi) is 8.67. The molecule has 0 amide bonds. The van der Waals surface area contributed by atoms with Gasteiger partial charge in [-0.1, -0.05) is 130 Å². The summed E-state index contributed by atoms with van der Waals surface area (Å²) < 4.78 is 43.3. The van der Waals surface area contributed by atoms with E-state index in [1.165, 1.54) is 10.4 Å². The van der Waals surface area contributed by atoms with E-state index in [4.69, 9.17) is 9.16 Å². The zero-order valence-corrected chi connectivity index (χ0v) is 30.1. The zero-order valence-electron chi connectivity index (χ0n) is 27.4. The molecule has 1 aliphatic heterocycles. The second-order valence-corrected chi connectivity index (χ2v) is 22.0. The van der Waals surface area contributed by atoms with E-state index in [0.29, 0.717) is 11.5 Å². The molecule has 1 heterocycles. The number of ether oxygens (including phenoxy) is 1. The third-order valence-electron chi connectivity index (χ3n) is 10.6. The molecule has 0 bridgehead atoms. The Labute approximate surface area is 285 Å². The van der Waals surface area contributed by atoms with Crippen molar-refractivity contribution in [3.05, 3.63) is 133 Å². The van der Waals surface area contributed by atoms with Crippen LogP contribution >= 0.6 is 11.8 Å². The van der Waals surface area contributed by atoms with E-state index in [-0.39, 0.29) is 27.7 Å². The van der Waals surface area contributed by atoms with Crippen molar-refractivity contribution in [2.75, 3.05) is 6.61 Å². The second kappa shape index (κ2) is 12.5. The minimum Gasteiger partial charge on any atom is -0.407 e. The van der Waals surface area contributed by atoms with Crippen LogP contribution in [-0.4, -0.2) is 39.6 Å². The van der Waals surface area contributed by atoms with E-state index in [0.717, 1.165) is 30.6 Å². The van der Waals surface area contributed by atoms with Crippen LogP contribution in [0.5, 0.6) is 0 Å². The molecule has 7 rings (SSSR count). The number of fused-ring (bicyclic) bond motifs is 3. The maximum absolute atomic E-state index is 14.7. The largest absolute Gasteiger partial charge is 0.407 e. The predicted octanol–water partition coefficient (Wildman–Crippen LogP) is 8.04. The molecule has 3 aliphatic rings. The third kappa shape index (κ3) is 5.48. The fourth-order valence-corrected chi connectivity index (χ4v) is 17.0. The van der Waals surface area contributed by atoms with Gasteiger partial charge in [0.1, 0.15) is 6.10 Å². The van der Waals surface area contributed by atoms with Crippen LogP contribution in [0.25, 0.3) is 0 Å². The first-order valence-corrected chi connectivity index (χ1v) is 21.0. The monoisotopic (exact) mass is 680 g/mol. The highest BCUT2D eigenvalue weighted by molar-refractivity contribution is 8.00. The molecule has 0 aromatic heterocycles. The van der Waals surface area contributed by atoms with Gasteiger partial charge in [0.05, 0.1) is 4.90 Å². The summed E-state index contributed by atoms with van der Waals surface area (Å²) in [6, 6.07) is 40.8. The Balaban J connectivity index is 1.29. The van der Waals surface area contributed by atoms with Crippen molar-refractivity contribution in [2.45, 2.75) is 77.6 Å². The Morgan fingerprint density at radius 1 is 0.830 bits per heavy atom. The van der Waals surface area contributed by atoms with Gasteiger partial charge >= 0.3 is 0 Å². The minimum absolute atomic E-state index is 0.0408. The van der Waals surface area contributed by atoms with Gasteiger partial charge < -0.3 is 9.16 Å². The van der Waals surface area contributed by atoms with Crippen molar-refractivity contribution in [3.8, 4) is 0 Å². The predicted molar refractivity (Wildman–Crippen MR) is 194 cm³/mol. The lowest BCUT2D eigenvalue weighted by molar-refractivity contribution is 0.0946. The minimum atomic E-state index is -3.79. The SMILES string of the molecule is CC(C)(C)[Si](OCC[C@@]12C=CC[C@@H](Sc3ccccc3)[C@@H]1C1(S(=O)(=O)c3ccccc3)OC1CC2)(c1ccccc1)c1ccccc1. The van der Waals surface area contributed by atoms with Crippen LogP contribution in [-0.2, 0) is 19.0 Å². The quantitative estimate of drug-likeness (QED) is 0.0965. The van der Waals surface area contributed by atoms with Crippen LogP contribution in [0.15, 0.2) is 143 Å². The molecule has 1 saturated heterocycles. The average molecular weight is 681 g/mol. The van der Waals surface area contributed by atoms with Crippen LogP contribution in [0.2, 0.25) is 5.04 Å². The van der Waals surface area contributed by atoms with Gasteiger partial charge in [-0.3, -0.25) is 0 Å². The molecule has 2 aliphatic carbocycles. The fraction of sp³-hybridized carbons (Fsp3) is 0.350. The molecular formula is C40H44O4S2Si. The molecule has 244 valence electrons. The van der Waals surface area contributed by atoms with E-state index < -0.39 is 23.1 Å². The van der Waals surface area contributed by atoms with Crippen molar-refractivity contribution >= 4 is 40.3 Å². The highest BCUT2D eigenvalue weighted by Gasteiger charge is 2.77. The molecular weight excluding hydrogens is 637 g/mol. The molecule has 1 saturated carbocycles. The van der Waals surface area contributed by atoms with Crippen molar-refractivity contribution in [3.63, 3.8) is 0 Å². The van der Waals surface area contributed by atoms with Crippen LogP contribution in [0.3, 0.4) is 0 Å². The number of rotatable bonds is 10. The number of benzene rings is 4. The van der Waals surface area contributed by atoms with E-state index in [1.54, 1.807) is 23.9 Å². The number of hydrogen-bond donors (Lipinski definition) is 0. The highest BCUT2D eigenvalue weighted by Crippen LogP contribution is 2.67. The molecule has 47 heavy (non-hydrogen) atoms. The van der Waals surface area contributed by atoms with Gasteiger partial charge in [-0.15, -0.1) is 11.8 Å². The van der Waals surface area contributed by atoms with Crippen molar-refractivity contribution in [1.82, 2.24) is 0 Å². The third-order valence-corrected chi connectivity index (χ3v) is 19.3. The summed E-state index contributed by atoms with van der Waals surface area (Å²) in [7, 11) is -6.55. The molecule has 4 nitrogen and oxygen atoms in total. The molecule has 4 aromatic rings. The number of epoxide rings is 1. The van der Waals surface area contributed by atoms with Gasteiger partial charge in [-0.25, -0.2) is 8.42 Å². The molecule has 0 N–H and O–H groups in total. The van der Waals surface area contributed by atoms with E-state index in [9.17, 15) is 8.42 Å². The Morgan fingerprint density at radius 2 is 1.38 bits per heavy atom. The van der Waals surface area contributed by atoms with Gasteiger partial charge in [-0.2, -0.15) is 0 Å². The van der Waals surface area contributed by atoms with Crippen LogP contribution in [0, 0.1) is 11.3 Å². The molecule has 4 aromatic carbocycles. The number of allylic oxidation sites excluding steroid dienone is 2. The molecule has 5 atom stereocenters. The van der Waals surface area contributed by atoms with Crippen molar-refractivity contribution < 1.29 is 17.6 Å². The zero-order chi connectivity index (χ0) is 32.8. The lowest BCUT2D eigenvalue weighted by Gasteiger charge is -2.50. The lowest BCUT2D eigenvalue weighted by Crippen LogP contribution is -2.66. The molecule has 7 heteroatoms. The summed E-state index contributed by atoms with van der Waals surface area (Å²) in [5, 5.41) is 2.40. The number of sulfone groups is 1. The number of thioether (sulfide) groups is 1. The standard InChI is InChI=1S/C40H44O4S2Si/c1-38(2,3)47(33-21-12-6-13-22-33,34-23-14-7-15-24-34)43-30-29-39-27-16-25-35(45-31-17-8-4-9-18-31)37(39)40(36(44-40)26-28-39)46(41,42)32-19-10-5-11-20-32/h4-24,27,35-37H,25-26,28-30H2,1-3H3/t35-,36?,37+,39+,40?/m1/s1. The Morgan fingerprint density at radius 3 is 1.96 bits per heavy atom. The lowest BCUT2D eigenvalue weighted by atomic mass is 9.60. The van der Waals surface area contributed by atoms with E-state index in [2.05, 4.69) is 118 Å². The van der Waals surface area contributed by atoms with Gasteiger partial charge in [0.15, 0.2) is 0 Å². The molecule has 0 spiro atoms. The van der Waals surface area contributed by atoms with Gasteiger partial charge in [-0.05, 0) is 70.8 Å². The topological polar surface area (TPSA) is 55.9 Å². The van der Waals surface area contributed by atoms with Crippen molar-refractivity contribution in [2.24, 2.45) is 11.3 Å². The van der Waals surface area contributed by atoms with Crippen LogP contribution < -0.4 is 10.4 Å². The summed E-state index contributed by atoms with van der Waals surface area (Å²) in [6.07, 6.45) is 7.46. The van der Waals surface area contributed by atoms with Gasteiger partial charge in [0.2, 0.25) is 14.8 Å². The van der Waals surface area contributed by atoms with Gasteiger partial charge in [0.25, 0.3) is 8.32 Å². The first kappa shape index (κ1) is 32.6. The second-order valence-electron chi connectivity index (χ2n) is 14.3. The van der Waals surface area contributed by atoms with Crippen LogP contribution in [0.1, 0.15) is 46.5 Å². The maximum Gasteiger partial charge on any atom is 0.261 e. The van der Waals surface area contributed by atoms with Gasteiger partial charge in [0, 0.05) is 22.7 Å². The Hall–Kier alpha value is -2.94. The first-order chi connectivity index (χ1) is 22.6. The molecule has 2 fully saturated rings. The maximum atomic E-state index is 14.7. The smallest absolute Gasteiger partial charge is 0.261 e. The fourth-order valence-electron chi connectivity index (χ4n) is 8.56. The molecule has 2 unspecified atom stereocenters. The average Bonchev–Trinajstić information content (AvgIpc) is 3.85. The molecule has 0 radical (unpaired) electrons. The Bertz CT molecular complexity index is 1770. The normalized spacial score (nSPS) is 27.1. The van der Waals surface area contributed by atoms with E-state index in [1.807, 2.05) is 24.3 Å². The summed E-state index contributed by atoms with van der Waals surface area (Å²) in [6.45, 7) is 7.44. The van der Waals surface area contributed by atoms with Crippen LogP contribution in [0.4, 0.5) is 0 Å². The first-order valence-electron chi connectivity index (χ1n) is 16.8. The van der Waals surface area contributed by atoms with Crippen molar-refractivity contribution in [1.29, 1.82) is 0 Å². The van der Waals surface area contributed by atoms with E-state index >= 15 is 0 Å². The summed E-state index contributed by atoms with van der Waals surface area (Å²) >= 11 is 1.80. The highest BCUT2D eigenvalue weighted by atomic mass is 32.2. The summed E-state index contributed by atoms with van der Waals surface area (Å²) in [5.74, 6) is -0.225. The number of hydrogen-bond acceptors (Lipinski definition) is 5.